The molecule has 2 rings (SSSR count). The molecule has 2 aromatic carbocycles. The summed E-state index contributed by atoms with van der Waals surface area (Å²) in [4.78, 5) is 22.7. The predicted molar refractivity (Wildman–Crippen MR) is 83.8 cm³/mol. The van der Waals surface area contributed by atoms with Crippen molar-refractivity contribution in [1.82, 2.24) is 0 Å². The van der Waals surface area contributed by atoms with Crippen LogP contribution < -0.4 is 11.1 Å². The molecule has 0 saturated carbocycles. The van der Waals surface area contributed by atoms with Gasteiger partial charge in [-0.3, -0.25) is 9.59 Å². The Morgan fingerprint density at radius 1 is 1.00 bits per heavy atom. The largest absolute Gasteiger partial charge is 0.366 e. The van der Waals surface area contributed by atoms with Crippen LogP contribution in [0.3, 0.4) is 0 Å². The molecule has 2 amide bonds. The molecule has 0 aliphatic rings. The van der Waals surface area contributed by atoms with Crippen molar-refractivity contribution in [2.24, 2.45) is 5.73 Å². The van der Waals surface area contributed by atoms with Crippen LogP contribution in [-0.2, 0) is 4.79 Å². The maximum Gasteiger partial charge on any atom is 0.248 e. The Bertz CT molecular complexity index is 671. The van der Waals surface area contributed by atoms with E-state index in [0.717, 1.165) is 5.56 Å². The molecule has 2 aromatic rings. The molecule has 0 aliphatic carbocycles. The molecule has 0 fully saturated rings. The first-order valence-electron chi connectivity index (χ1n) is 6.50. The third-order valence-electron chi connectivity index (χ3n) is 2.94. The first-order valence-corrected chi connectivity index (χ1v) is 6.50. The summed E-state index contributed by atoms with van der Waals surface area (Å²) < 4.78 is 0. The van der Waals surface area contributed by atoms with E-state index in [1.165, 1.54) is 11.6 Å². The van der Waals surface area contributed by atoms with Crippen LogP contribution in [0.1, 0.15) is 21.5 Å². The van der Waals surface area contributed by atoms with Gasteiger partial charge in [0.15, 0.2) is 0 Å². The van der Waals surface area contributed by atoms with Crippen molar-refractivity contribution >= 4 is 23.6 Å². The number of anilines is 1. The fraction of sp³-hybridized carbons (Fsp3) is 0.0588. The van der Waals surface area contributed by atoms with Gasteiger partial charge in [-0.05, 0) is 42.8 Å². The van der Waals surface area contributed by atoms with Crippen LogP contribution in [0.5, 0.6) is 0 Å². The van der Waals surface area contributed by atoms with E-state index in [-0.39, 0.29) is 5.91 Å². The van der Waals surface area contributed by atoms with Gasteiger partial charge in [-0.1, -0.05) is 29.8 Å². The highest BCUT2D eigenvalue weighted by atomic mass is 16.1. The number of primary amides is 1. The van der Waals surface area contributed by atoms with Gasteiger partial charge >= 0.3 is 0 Å². The number of carbonyl (C=O) groups excluding carboxylic acids is 2. The number of nitrogens with two attached hydrogens (primary N) is 1. The van der Waals surface area contributed by atoms with Gasteiger partial charge in [0.2, 0.25) is 11.8 Å². The second kappa shape index (κ2) is 6.52. The van der Waals surface area contributed by atoms with E-state index < -0.39 is 5.91 Å². The average Bonchev–Trinajstić information content (AvgIpc) is 2.47. The number of amides is 2. The topological polar surface area (TPSA) is 72.2 Å². The van der Waals surface area contributed by atoms with Crippen molar-refractivity contribution in [3.63, 3.8) is 0 Å². The highest BCUT2D eigenvalue weighted by molar-refractivity contribution is 6.02. The molecule has 0 aromatic heterocycles. The minimum absolute atomic E-state index is 0.234. The number of carbonyl (C=O) groups is 2. The molecule has 0 heterocycles. The van der Waals surface area contributed by atoms with Gasteiger partial charge in [-0.25, -0.2) is 0 Å². The number of benzene rings is 2. The first kappa shape index (κ1) is 14.5. The number of aryl methyl sites for hydroxylation is 1. The van der Waals surface area contributed by atoms with Crippen LogP contribution in [0.2, 0.25) is 0 Å². The third-order valence-corrected chi connectivity index (χ3v) is 2.94. The van der Waals surface area contributed by atoms with E-state index in [1.54, 1.807) is 30.3 Å². The molecule has 0 spiro atoms. The summed E-state index contributed by atoms with van der Waals surface area (Å²) in [6.07, 6.45) is 3.21. The zero-order valence-corrected chi connectivity index (χ0v) is 11.7. The molecule has 0 bridgehead atoms. The maximum absolute atomic E-state index is 11.8. The Labute approximate surface area is 123 Å². The van der Waals surface area contributed by atoms with E-state index in [0.29, 0.717) is 11.3 Å². The molecule has 0 saturated heterocycles. The summed E-state index contributed by atoms with van der Waals surface area (Å²) >= 11 is 0. The van der Waals surface area contributed by atoms with E-state index in [4.69, 9.17) is 5.73 Å². The number of hydrogen-bond acceptors (Lipinski definition) is 2. The average molecular weight is 280 g/mol. The fourth-order valence-corrected chi connectivity index (χ4v) is 1.75. The van der Waals surface area contributed by atoms with Crippen LogP contribution in [-0.4, -0.2) is 11.8 Å². The Kier molecular flexibility index (Phi) is 4.51. The van der Waals surface area contributed by atoms with Crippen molar-refractivity contribution < 1.29 is 9.59 Å². The van der Waals surface area contributed by atoms with Crippen molar-refractivity contribution in [2.75, 3.05) is 5.32 Å². The van der Waals surface area contributed by atoms with Gasteiger partial charge in [-0.15, -0.1) is 0 Å². The Morgan fingerprint density at radius 2 is 1.62 bits per heavy atom. The van der Waals surface area contributed by atoms with E-state index in [9.17, 15) is 9.59 Å². The van der Waals surface area contributed by atoms with E-state index in [2.05, 4.69) is 5.32 Å². The van der Waals surface area contributed by atoms with Crippen LogP contribution in [0.25, 0.3) is 6.08 Å². The van der Waals surface area contributed by atoms with E-state index >= 15 is 0 Å². The summed E-state index contributed by atoms with van der Waals surface area (Å²) in [5.41, 5.74) is 8.30. The summed E-state index contributed by atoms with van der Waals surface area (Å²) in [5, 5.41) is 2.71. The Hall–Kier alpha value is -2.88. The molecule has 106 valence electrons. The van der Waals surface area contributed by atoms with Gasteiger partial charge in [-0.2, -0.15) is 0 Å². The van der Waals surface area contributed by atoms with Crippen molar-refractivity contribution in [2.45, 2.75) is 6.92 Å². The molecule has 21 heavy (non-hydrogen) atoms. The van der Waals surface area contributed by atoms with Gasteiger partial charge in [0.25, 0.3) is 0 Å². The minimum atomic E-state index is -0.493. The second-order valence-electron chi connectivity index (χ2n) is 4.67. The predicted octanol–water partition coefficient (Wildman–Crippen LogP) is 2.75. The van der Waals surface area contributed by atoms with Crippen molar-refractivity contribution in [3.05, 3.63) is 71.3 Å². The smallest absolute Gasteiger partial charge is 0.248 e. The molecule has 4 nitrogen and oxygen atoms in total. The lowest BCUT2D eigenvalue weighted by Crippen LogP contribution is -2.11. The number of rotatable bonds is 4. The standard InChI is InChI=1S/C17H16N2O2/c1-12-2-4-13(5-3-12)6-11-16(20)19-15-9-7-14(8-10-15)17(18)21/h2-11H,1H3,(H2,18,21)(H,19,20)/b11-6+. The highest BCUT2D eigenvalue weighted by Gasteiger charge is 2.01. The van der Waals surface area contributed by atoms with Crippen molar-refractivity contribution in [3.8, 4) is 0 Å². The Balaban J connectivity index is 1.98. The molecule has 0 unspecified atom stereocenters. The van der Waals surface area contributed by atoms with Crippen LogP contribution in [0.4, 0.5) is 5.69 Å². The van der Waals surface area contributed by atoms with Gasteiger partial charge in [0, 0.05) is 17.3 Å². The quantitative estimate of drug-likeness (QED) is 0.845. The summed E-state index contributed by atoms with van der Waals surface area (Å²) in [5.74, 6) is -0.727. The summed E-state index contributed by atoms with van der Waals surface area (Å²) in [6, 6.07) is 14.3. The van der Waals surface area contributed by atoms with Crippen molar-refractivity contribution in [1.29, 1.82) is 0 Å². The second-order valence-corrected chi connectivity index (χ2v) is 4.67. The first-order chi connectivity index (χ1) is 10.0. The molecule has 0 aliphatic heterocycles. The summed E-state index contributed by atoms with van der Waals surface area (Å²) in [6.45, 7) is 2.01. The molecule has 0 atom stereocenters. The fourth-order valence-electron chi connectivity index (χ4n) is 1.75. The monoisotopic (exact) mass is 280 g/mol. The zero-order valence-electron chi connectivity index (χ0n) is 11.7. The van der Waals surface area contributed by atoms with Gasteiger partial charge in [0.1, 0.15) is 0 Å². The molecular formula is C17H16N2O2. The maximum atomic E-state index is 11.8. The van der Waals surface area contributed by atoms with Gasteiger partial charge in [0.05, 0.1) is 0 Å². The number of hydrogen-bond donors (Lipinski definition) is 2. The summed E-state index contributed by atoms with van der Waals surface area (Å²) in [7, 11) is 0. The molecule has 3 N–H and O–H groups in total. The minimum Gasteiger partial charge on any atom is -0.366 e. The van der Waals surface area contributed by atoms with Gasteiger partial charge < -0.3 is 11.1 Å². The van der Waals surface area contributed by atoms with E-state index in [1.807, 2.05) is 31.2 Å². The number of nitrogens with one attached hydrogen (secondary N) is 1. The lowest BCUT2D eigenvalue weighted by molar-refractivity contribution is -0.111. The SMILES string of the molecule is Cc1ccc(/C=C/C(=O)Nc2ccc(C(N)=O)cc2)cc1. The Morgan fingerprint density at radius 3 is 2.19 bits per heavy atom. The molecule has 4 heteroatoms. The lowest BCUT2D eigenvalue weighted by Gasteiger charge is -2.02. The van der Waals surface area contributed by atoms with Crippen LogP contribution in [0, 0.1) is 6.92 Å². The van der Waals surface area contributed by atoms with Crippen LogP contribution >= 0.6 is 0 Å². The normalized spacial score (nSPS) is 10.5. The molecule has 0 radical (unpaired) electrons. The zero-order chi connectivity index (χ0) is 15.2. The highest BCUT2D eigenvalue weighted by Crippen LogP contribution is 2.10. The lowest BCUT2D eigenvalue weighted by atomic mass is 10.1. The third kappa shape index (κ3) is 4.31. The molecular weight excluding hydrogens is 264 g/mol. The van der Waals surface area contributed by atoms with Crippen LogP contribution in [0.15, 0.2) is 54.6 Å².